The van der Waals surface area contributed by atoms with Gasteiger partial charge in [0, 0.05) is 41.6 Å². The number of fused-ring (bicyclic) bond motifs is 1. The Morgan fingerprint density at radius 3 is 2.50 bits per heavy atom. The van der Waals surface area contributed by atoms with Crippen molar-refractivity contribution in [3.8, 4) is 11.3 Å². The molecule has 0 aliphatic rings. The summed E-state index contributed by atoms with van der Waals surface area (Å²) in [6, 6.07) is 16.4. The van der Waals surface area contributed by atoms with Gasteiger partial charge < -0.3 is 14.6 Å². The maximum atomic E-state index is 13.5. The van der Waals surface area contributed by atoms with Gasteiger partial charge in [0.2, 0.25) is 0 Å². The molecule has 1 N–H and O–H groups in total. The van der Waals surface area contributed by atoms with Crippen molar-refractivity contribution in [1.29, 1.82) is 0 Å². The Labute approximate surface area is 220 Å². The summed E-state index contributed by atoms with van der Waals surface area (Å²) in [5, 5.41) is 3.76. The third-order valence-corrected chi connectivity index (χ3v) is 6.41. The molecule has 3 aromatic heterocycles. The number of amides is 2. The number of hydrogen-bond donors (Lipinski definition) is 1. The lowest BCUT2D eigenvalue weighted by Crippen LogP contribution is -2.26. The van der Waals surface area contributed by atoms with Crippen LogP contribution in [0.5, 0.6) is 0 Å². The van der Waals surface area contributed by atoms with Gasteiger partial charge in [0.1, 0.15) is 5.76 Å². The number of hydrogen-bond acceptors (Lipinski definition) is 6. The highest BCUT2D eigenvalue weighted by Gasteiger charge is 2.18. The molecule has 38 heavy (non-hydrogen) atoms. The third-order valence-electron chi connectivity index (χ3n) is 6.41. The van der Waals surface area contributed by atoms with Gasteiger partial charge in [-0.05, 0) is 74.9 Å². The van der Waals surface area contributed by atoms with Crippen molar-refractivity contribution >= 4 is 28.4 Å². The van der Waals surface area contributed by atoms with Crippen LogP contribution in [0.15, 0.2) is 77.8 Å². The zero-order chi connectivity index (χ0) is 26.8. The summed E-state index contributed by atoms with van der Waals surface area (Å²) in [4.78, 5) is 41.1. The molecule has 3 heterocycles. The van der Waals surface area contributed by atoms with Crippen molar-refractivity contribution in [2.75, 3.05) is 12.4 Å². The first-order valence-corrected chi connectivity index (χ1v) is 12.2. The summed E-state index contributed by atoms with van der Waals surface area (Å²) in [7, 11) is 1.71. The van der Waals surface area contributed by atoms with Gasteiger partial charge >= 0.3 is 0 Å². The largest absolute Gasteiger partial charge is 0.446 e. The molecule has 0 bridgehead atoms. The van der Waals surface area contributed by atoms with Crippen molar-refractivity contribution < 1.29 is 14.0 Å². The van der Waals surface area contributed by atoms with Gasteiger partial charge in [-0.1, -0.05) is 11.6 Å². The van der Waals surface area contributed by atoms with E-state index >= 15 is 0 Å². The molecule has 0 fully saturated rings. The van der Waals surface area contributed by atoms with E-state index in [1.807, 2.05) is 39.0 Å². The van der Waals surface area contributed by atoms with Gasteiger partial charge in [0.25, 0.3) is 11.8 Å². The summed E-state index contributed by atoms with van der Waals surface area (Å²) < 4.78 is 5.35. The van der Waals surface area contributed by atoms with Crippen LogP contribution in [0.1, 0.15) is 43.3 Å². The Balaban J connectivity index is 1.41. The Hall–Kier alpha value is -4.85. The van der Waals surface area contributed by atoms with Crippen LogP contribution in [0.4, 0.5) is 5.69 Å². The molecule has 0 radical (unpaired) electrons. The van der Waals surface area contributed by atoms with Gasteiger partial charge in [0.05, 0.1) is 29.0 Å². The summed E-state index contributed by atoms with van der Waals surface area (Å²) >= 11 is 0. The highest BCUT2D eigenvalue weighted by atomic mass is 16.3. The summed E-state index contributed by atoms with van der Waals surface area (Å²) in [5.41, 5.74) is 6.67. The van der Waals surface area contributed by atoms with E-state index in [4.69, 9.17) is 9.40 Å². The molecule has 8 nitrogen and oxygen atoms in total. The van der Waals surface area contributed by atoms with Crippen LogP contribution in [-0.4, -0.2) is 38.7 Å². The van der Waals surface area contributed by atoms with Gasteiger partial charge in [0.15, 0.2) is 6.39 Å². The first-order valence-electron chi connectivity index (χ1n) is 12.2. The van der Waals surface area contributed by atoms with Crippen LogP contribution < -0.4 is 5.32 Å². The lowest BCUT2D eigenvalue weighted by molar-refractivity contribution is 0.0775. The minimum atomic E-state index is -0.260. The van der Waals surface area contributed by atoms with Crippen molar-refractivity contribution in [3.63, 3.8) is 0 Å². The zero-order valence-corrected chi connectivity index (χ0v) is 21.6. The fourth-order valence-electron chi connectivity index (χ4n) is 4.41. The molecule has 2 aromatic carbocycles. The number of aromatic nitrogens is 3. The molecule has 0 spiro atoms. The first kappa shape index (κ1) is 24.8. The Bertz CT molecular complexity index is 1640. The average molecular weight is 506 g/mol. The van der Waals surface area contributed by atoms with E-state index in [2.05, 4.69) is 21.4 Å². The first-order chi connectivity index (χ1) is 18.3. The molecule has 0 atom stereocenters. The molecular weight excluding hydrogens is 478 g/mol. The van der Waals surface area contributed by atoms with Gasteiger partial charge in [-0.3, -0.25) is 14.6 Å². The zero-order valence-electron chi connectivity index (χ0n) is 21.6. The average Bonchev–Trinajstić information content (AvgIpc) is 3.32. The number of carbonyl (C=O) groups is 2. The molecule has 5 rings (SSSR count). The van der Waals surface area contributed by atoms with E-state index in [1.165, 1.54) is 6.39 Å². The third kappa shape index (κ3) is 5.01. The van der Waals surface area contributed by atoms with Crippen LogP contribution in [0, 0.1) is 20.8 Å². The molecule has 0 aliphatic carbocycles. The fraction of sp³-hybridized carbons (Fsp3) is 0.167. The highest BCUT2D eigenvalue weighted by molar-refractivity contribution is 6.13. The van der Waals surface area contributed by atoms with Crippen LogP contribution in [0.3, 0.4) is 0 Å². The molecule has 0 aliphatic heterocycles. The number of rotatable bonds is 6. The number of pyridine rings is 2. The fourth-order valence-corrected chi connectivity index (χ4v) is 4.41. The van der Waals surface area contributed by atoms with Crippen LogP contribution in [0.2, 0.25) is 0 Å². The molecule has 0 saturated heterocycles. The van der Waals surface area contributed by atoms with Gasteiger partial charge in [-0.2, -0.15) is 0 Å². The monoisotopic (exact) mass is 505 g/mol. The smallest absolute Gasteiger partial charge is 0.256 e. The number of aryl methyl sites for hydroxylation is 3. The van der Waals surface area contributed by atoms with E-state index in [9.17, 15) is 9.59 Å². The van der Waals surface area contributed by atoms with E-state index in [-0.39, 0.29) is 11.8 Å². The number of anilines is 1. The SMILES string of the molecule is Cc1cc(C)c2nc(-c3cccnc3)cc(C(=O)Nc3ccc(C(=O)N(C)Cc4ocnc4C)cc3)c2c1. The molecule has 190 valence electrons. The number of benzene rings is 2. The Kier molecular flexibility index (Phi) is 6.70. The van der Waals surface area contributed by atoms with Crippen molar-refractivity contribution in [2.45, 2.75) is 27.3 Å². The molecule has 2 amide bonds. The second-order valence-corrected chi connectivity index (χ2v) is 9.33. The molecule has 0 unspecified atom stereocenters. The quantitative estimate of drug-likeness (QED) is 0.316. The Morgan fingerprint density at radius 2 is 1.82 bits per heavy atom. The standard InChI is InChI=1S/C30H27N5O3/c1-18-12-19(2)28-24(13-18)25(14-26(34-28)22-6-5-11-31-15-22)29(36)33-23-9-7-21(8-10-23)30(37)35(4)16-27-20(3)32-17-38-27/h5-15,17H,16H2,1-4H3,(H,33,36). The molecule has 0 saturated carbocycles. The molecular formula is C30H27N5O3. The second kappa shape index (κ2) is 10.3. The topological polar surface area (TPSA) is 101 Å². The maximum absolute atomic E-state index is 13.5. The maximum Gasteiger partial charge on any atom is 0.256 e. The number of carbonyl (C=O) groups excluding carboxylic acids is 2. The highest BCUT2D eigenvalue weighted by Crippen LogP contribution is 2.28. The summed E-state index contributed by atoms with van der Waals surface area (Å²) in [6.45, 7) is 6.15. The van der Waals surface area contributed by atoms with E-state index in [1.54, 1.807) is 54.7 Å². The number of nitrogens with zero attached hydrogens (tertiary/aromatic N) is 4. The number of nitrogens with one attached hydrogen (secondary N) is 1. The predicted molar refractivity (Wildman–Crippen MR) is 146 cm³/mol. The molecule has 8 heteroatoms. The van der Waals surface area contributed by atoms with E-state index in [0.717, 1.165) is 33.3 Å². The van der Waals surface area contributed by atoms with Gasteiger partial charge in [-0.25, -0.2) is 9.97 Å². The normalized spacial score (nSPS) is 10.9. The Morgan fingerprint density at radius 1 is 1.03 bits per heavy atom. The van der Waals surface area contributed by atoms with Crippen molar-refractivity contribution in [2.24, 2.45) is 0 Å². The summed E-state index contributed by atoms with van der Waals surface area (Å²) in [5.74, 6) is 0.223. The van der Waals surface area contributed by atoms with Crippen LogP contribution in [-0.2, 0) is 6.54 Å². The van der Waals surface area contributed by atoms with Crippen molar-refractivity contribution in [3.05, 3.63) is 107 Å². The minimum Gasteiger partial charge on any atom is -0.446 e. The lowest BCUT2D eigenvalue weighted by atomic mass is 9.99. The predicted octanol–water partition coefficient (Wildman–Crippen LogP) is 5.73. The van der Waals surface area contributed by atoms with E-state index in [0.29, 0.717) is 34.8 Å². The summed E-state index contributed by atoms with van der Waals surface area (Å²) in [6.07, 6.45) is 4.80. The van der Waals surface area contributed by atoms with Crippen molar-refractivity contribution in [1.82, 2.24) is 19.9 Å². The minimum absolute atomic E-state index is 0.161. The van der Waals surface area contributed by atoms with Crippen LogP contribution >= 0.6 is 0 Å². The molecule has 5 aromatic rings. The number of oxazole rings is 1. The van der Waals surface area contributed by atoms with Gasteiger partial charge in [-0.15, -0.1) is 0 Å². The lowest BCUT2D eigenvalue weighted by Gasteiger charge is -2.16. The second-order valence-electron chi connectivity index (χ2n) is 9.33. The van der Waals surface area contributed by atoms with Crippen LogP contribution in [0.25, 0.3) is 22.2 Å². The van der Waals surface area contributed by atoms with E-state index < -0.39 is 0 Å².